The Hall–Kier alpha value is -1.62. The van der Waals surface area contributed by atoms with Gasteiger partial charge in [0, 0.05) is 24.8 Å². The summed E-state index contributed by atoms with van der Waals surface area (Å²) in [6.45, 7) is 2.99. The van der Waals surface area contributed by atoms with E-state index in [1.807, 2.05) is 17.0 Å². The topological polar surface area (TPSA) is 65.5 Å². The number of anilines is 1. The van der Waals surface area contributed by atoms with Crippen molar-refractivity contribution in [3.05, 3.63) is 23.9 Å². The lowest BCUT2D eigenvalue weighted by atomic mass is 9.99. The van der Waals surface area contributed by atoms with E-state index in [2.05, 4.69) is 17.2 Å². The summed E-state index contributed by atoms with van der Waals surface area (Å²) in [6.07, 6.45) is 5.91. The molecule has 1 amide bonds. The van der Waals surface area contributed by atoms with Gasteiger partial charge in [-0.05, 0) is 44.2 Å². The van der Waals surface area contributed by atoms with E-state index in [-0.39, 0.29) is 24.1 Å². The van der Waals surface area contributed by atoms with Gasteiger partial charge in [0.15, 0.2) is 0 Å². The van der Waals surface area contributed by atoms with E-state index in [1.165, 1.54) is 0 Å². The van der Waals surface area contributed by atoms with Gasteiger partial charge in [-0.15, -0.1) is 0 Å². The lowest BCUT2D eigenvalue weighted by Gasteiger charge is -2.37. The average molecular weight is 289 g/mol. The molecule has 21 heavy (non-hydrogen) atoms. The van der Waals surface area contributed by atoms with Crippen molar-refractivity contribution < 1.29 is 9.90 Å². The minimum Gasteiger partial charge on any atom is -0.393 e. The second kappa shape index (κ2) is 6.02. The number of nitrogens with one attached hydrogen (secondary N) is 1. The Labute approximate surface area is 125 Å². The smallest absolute Gasteiger partial charge is 0.255 e. The first-order valence-corrected chi connectivity index (χ1v) is 7.89. The van der Waals surface area contributed by atoms with Crippen molar-refractivity contribution in [1.29, 1.82) is 0 Å². The first-order valence-electron chi connectivity index (χ1n) is 7.89. The van der Waals surface area contributed by atoms with Gasteiger partial charge < -0.3 is 15.3 Å². The SMILES string of the molecule is CCCNc1ccc(C(=O)N2C3CCC2CC(O)C3)cn1. The summed E-state index contributed by atoms with van der Waals surface area (Å²) in [4.78, 5) is 19.0. The highest BCUT2D eigenvalue weighted by molar-refractivity contribution is 5.94. The zero-order valence-electron chi connectivity index (χ0n) is 12.5. The maximum absolute atomic E-state index is 12.7. The maximum Gasteiger partial charge on any atom is 0.255 e. The van der Waals surface area contributed by atoms with Crippen LogP contribution >= 0.6 is 0 Å². The number of fused-ring (bicyclic) bond motifs is 2. The number of aliphatic hydroxyl groups excluding tert-OH is 1. The molecule has 2 fully saturated rings. The standard InChI is InChI=1S/C16H23N3O2/c1-2-7-17-15-6-3-11(10-18-15)16(21)19-12-4-5-13(19)9-14(20)8-12/h3,6,10,12-14,20H,2,4-5,7-9H2,1H3,(H,17,18). The quantitative estimate of drug-likeness (QED) is 0.890. The third-order valence-electron chi connectivity index (χ3n) is 4.51. The van der Waals surface area contributed by atoms with Gasteiger partial charge in [0.1, 0.15) is 5.82 Å². The number of hydrogen-bond donors (Lipinski definition) is 2. The number of aliphatic hydroxyl groups is 1. The fourth-order valence-electron chi connectivity index (χ4n) is 3.51. The molecule has 0 spiro atoms. The van der Waals surface area contributed by atoms with Crippen molar-refractivity contribution in [2.24, 2.45) is 0 Å². The molecule has 2 atom stereocenters. The van der Waals surface area contributed by atoms with Gasteiger partial charge in [-0.1, -0.05) is 6.92 Å². The molecule has 5 nitrogen and oxygen atoms in total. The van der Waals surface area contributed by atoms with Gasteiger partial charge in [-0.3, -0.25) is 4.79 Å². The van der Waals surface area contributed by atoms with E-state index in [4.69, 9.17) is 0 Å². The molecular weight excluding hydrogens is 266 g/mol. The van der Waals surface area contributed by atoms with E-state index < -0.39 is 0 Å². The molecule has 0 aliphatic carbocycles. The first-order chi connectivity index (χ1) is 10.2. The molecule has 3 rings (SSSR count). The predicted molar refractivity (Wildman–Crippen MR) is 81.2 cm³/mol. The molecule has 1 aromatic heterocycles. The summed E-state index contributed by atoms with van der Waals surface area (Å²) in [5, 5.41) is 13.0. The molecule has 0 aromatic carbocycles. The fraction of sp³-hybridized carbons (Fsp3) is 0.625. The number of carbonyl (C=O) groups excluding carboxylic acids is 1. The number of pyridine rings is 1. The molecule has 1 aromatic rings. The van der Waals surface area contributed by atoms with Crippen LogP contribution in [0.5, 0.6) is 0 Å². The van der Waals surface area contributed by atoms with Crippen LogP contribution in [0.3, 0.4) is 0 Å². The third kappa shape index (κ3) is 2.88. The number of hydrogen-bond acceptors (Lipinski definition) is 4. The number of nitrogens with zero attached hydrogens (tertiary/aromatic N) is 2. The van der Waals surface area contributed by atoms with Crippen LogP contribution in [0.15, 0.2) is 18.3 Å². The summed E-state index contributed by atoms with van der Waals surface area (Å²) < 4.78 is 0. The number of amides is 1. The molecule has 2 saturated heterocycles. The number of aromatic nitrogens is 1. The van der Waals surface area contributed by atoms with Crippen LogP contribution in [-0.2, 0) is 0 Å². The van der Waals surface area contributed by atoms with Crippen molar-refractivity contribution in [2.45, 2.75) is 57.2 Å². The summed E-state index contributed by atoms with van der Waals surface area (Å²) in [5.74, 6) is 0.870. The van der Waals surface area contributed by atoms with Crippen molar-refractivity contribution >= 4 is 11.7 Å². The van der Waals surface area contributed by atoms with Crippen LogP contribution in [0.4, 0.5) is 5.82 Å². The molecule has 2 unspecified atom stereocenters. The third-order valence-corrected chi connectivity index (χ3v) is 4.51. The zero-order valence-corrected chi connectivity index (χ0v) is 12.5. The van der Waals surface area contributed by atoms with Crippen LogP contribution in [0.1, 0.15) is 49.4 Å². The zero-order chi connectivity index (χ0) is 14.8. The molecule has 2 aliphatic rings. The van der Waals surface area contributed by atoms with Gasteiger partial charge in [0.05, 0.1) is 11.7 Å². The van der Waals surface area contributed by atoms with E-state index in [0.29, 0.717) is 18.4 Å². The van der Waals surface area contributed by atoms with Gasteiger partial charge in [-0.25, -0.2) is 4.98 Å². The molecule has 2 N–H and O–H groups in total. The van der Waals surface area contributed by atoms with Crippen molar-refractivity contribution in [1.82, 2.24) is 9.88 Å². The summed E-state index contributed by atoms with van der Waals surface area (Å²) >= 11 is 0. The second-order valence-corrected chi connectivity index (χ2v) is 6.08. The fourth-order valence-corrected chi connectivity index (χ4v) is 3.51. The Bertz CT molecular complexity index is 489. The van der Waals surface area contributed by atoms with E-state index in [9.17, 15) is 9.90 Å². The predicted octanol–water partition coefficient (Wildman–Crippen LogP) is 2.03. The molecule has 5 heteroatoms. The highest BCUT2D eigenvalue weighted by Gasteiger charge is 2.42. The average Bonchev–Trinajstić information content (AvgIpc) is 2.77. The van der Waals surface area contributed by atoms with Crippen LogP contribution in [0.2, 0.25) is 0 Å². The van der Waals surface area contributed by atoms with Crippen molar-refractivity contribution in [3.8, 4) is 0 Å². The van der Waals surface area contributed by atoms with E-state index in [0.717, 1.165) is 31.6 Å². The molecule has 0 saturated carbocycles. The molecule has 3 heterocycles. The Morgan fingerprint density at radius 3 is 2.67 bits per heavy atom. The second-order valence-electron chi connectivity index (χ2n) is 6.08. The van der Waals surface area contributed by atoms with Crippen LogP contribution < -0.4 is 5.32 Å². The minimum atomic E-state index is -0.245. The monoisotopic (exact) mass is 289 g/mol. The highest BCUT2D eigenvalue weighted by atomic mass is 16.3. The molecule has 114 valence electrons. The Balaban J connectivity index is 1.71. The molecule has 2 bridgehead atoms. The lowest BCUT2D eigenvalue weighted by Crippen LogP contribution is -2.48. The number of piperidine rings is 1. The van der Waals surface area contributed by atoms with Crippen LogP contribution in [0, 0.1) is 0 Å². The normalized spacial score (nSPS) is 27.7. The summed E-state index contributed by atoms with van der Waals surface area (Å²) in [7, 11) is 0. The van der Waals surface area contributed by atoms with Gasteiger partial charge >= 0.3 is 0 Å². The lowest BCUT2D eigenvalue weighted by molar-refractivity contribution is 0.0286. The Morgan fingerprint density at radius 2 is 2.10 bits per heavy atom. The van der Waals surface area contributed by atoms with Crippen molar-refractivity contribution in [3.63, 3.8) is 0 Å². The van der Waals surface area contributed by atoms with Gasteiger partial charge in [0.2, 0.25) is 0 Å². The summed E-state index contributed by atoms with van der Waals surface area (Å²) in [6, 6.07) is 4.11. The minimum absolute atomic E-state index is 0.0592. The molecule has 0 radical (unpaired) electrons. The largest absolute Gasteiger partial charge is 0.393 e. The molecule has 2 aliphatic heterocycles. The van der Waals surface area contributed by atoms with E-state index in [1.54, 1.807) is 6.20 Å². The first kappa shape index (κ1) is 14.3. The van der Waals surface area contributed by atoms with Crippen LogP contribution in [-0.4, -0.2) is 45.6 Å². The summed E-state index contributed by atoms with van der Waals surface area (Å²) in [5.41, 5.74) is 0.644. The highest BCUT2D eigenvalue weighted by Crippen LogP contribution is 2.36. The number of carbonyl (C=O) groups is 1. The van der Waals surface area contributed by atoms with E-state index >= 15 is 0 Å². The Morgan fingerprint density at radius 1 is 1.38 bits per heavy atom. The van der Waals surface area contributed by atoms with Gasteiger partial charge in [0.25, 0.3) is 5.91 Å². The molecular formula is C16H23N3O2. The van der Waals surface area contributed by atoms with Crippen LogP contribution in [0.25, 0.3) is 0 Å². The Kier molecular flexibility index (Phi) is 4.10. The maximum atomic E-state index is 12.7. The van der Waals surface area contributed by atoms with Crippen molar-refractivity contribution in [2.75, 3.05) is 11.9 Å². The number of rotatable bonds is 4. The van der Waals surface area contributed by atoms with Gasteiger partial charge in [-0.2, -0.15) is 0 Å².